The molecule has 1 heterocycles. The molecule has 106 valence electrons. The molecule has 0 spiro atoms. The Morgan fingerprint density at radius 3 is 2.55 bits per heavy atom. The van der Waals surface area contributed by atoms with Crippen LogP contribution in [0.25, 0.3) is 5.57 Å². The van der Waals surface area contributed by atoms with Crippen LogP contribution < -0.4 is 0 Å². The van der Waals surface area contributed by atoms with Crippen molar-refractivity contribution in [2.24, 2.45) is 0 Å². The molecule has 0 bridgehead atoms. The fourth-order valence-corrected chi connectivity index (χ4v) is 2.01. The number of hydrogen-bond acceptors (Lipinski definition) is 2. The normalized spacial score (nSPS) is 15.2. The Morgan fingerprint density at radius 1 is 1.35 bits per heavy atom. The summed E-state index contributed by atoms with van der Waals surface area (Å²) in [7, 11) is 0. The second-order valence-corrected chi connectivity index (χ2v) is 4.31. The molecule has 4 nitrogen and oxygen atoms in total. The summed E-state index contributed by atoms with van der Waals surface area (Å²) in [6, 6.07) is 2.80. The van der Waals surface area contributed by atoms with Gasteiger partial charge in [-0.05, 0) is 23.3 Å². The van der Waals surface area contributed by atoms with E-state index in [9.17, 15) is 22.8 Å². The molecule has 0 unspecified atom stereocenters. The number of halogens is 3. The van der Waals surface area contributed by atoms with Crippen LogP contribution in [-0.2, 0) is 6.18 Å². The molecule has 0 saturated carbocycles. The highest BCUT2D eigenvalue weighted by Gasteiger charge is 2.32. The Bertz CT molecular complexity index is 593. The number of benzene rings is 1. The van der Waals surface area contributed by atoms with E-state index in [1.807, 2.05) is 0 Å². The number of aldehydes is 1. The van der Waals surface area contributed by atoms with E-state index < -0.39 is 17.8 Å². The Hall–Kier alpha value is -2.31. The summed E-state index contributed by atoms with van der Waals surface area (Å²) in [6.07, 6.45) is -3.70. The zero-order chi connectivity index (χ0) is 14.9. The highest BCUT2D eigenvalue weighted by Crippen LogP contribution is 2.33. The lowest BCUT2D eigenvalue weighted by molar-refractivity contribution is -0.137. The Kier molecular flexibility index (Phi) is 3.52. The predicted octanol–water partition coefficient (Wildman–Crippen LogP) is 2.89. The van der Waals surface area contributed by atoms with Crippen LogP contribution >= 0.6 is 0 Å². The van der Waals surface area contributed by atoms with Crippen LogP contribution in [0.2, 0.25) is 0 Å². The predicted molar refractivity (Wildman–Crippen MR) is 64.4 cm³/mol. The lowest BCUT2D eigenvalue weighted by atomic mass is 9.98. The van der Waals surface area contributed by atoms with E-state index in [0.29, 0.717) is 11.9 Å². The Morgan fingerprint density at radius 2 is 2.05 bits per heavy atom. The van der Waals surface area contributed by atoms with Crippen molar-refractivity contribution in [2.45, 2.75) is 6.18 Å². The average molecular weight is 285 g/mol. The second-order valence-electron chi connectivity index (χ2n) is 4.31. The summed E-state index contributed by atoms with van der Waals surface area (Å²) < 4.78 is 38.0. The fourth-order valence-electron chi connectivity index (χ4n) is 2.01. The van der Waals surface area contributed by atoms with E-state index >= 15 is 0 Å². The summed E-state index contributed by atoms with van der Waals surface area (Å²) in [6.45, 7) is 0.0662. The molecule has 7 heteroatoms. The van der Waals surface area contributed by atoms with Crippen LogP contribution in [0, 0.1) is 0 Å². The minimum atomic E-state index is -4.51. The van der Waals surface area contributed by atoms with Gasteiger partial charge in [-0.1, -0.05) is 12.1 Å². The molecule has 0 atom stereocenters. The molecule has 0 aromatic heterocycles. The summed E-state index contributed by atoms with van der Waals surface area (Å²) >= 11 is 0. The van der Waals surface area contributed by atoms with E-state index in [0.717, 1.165) is 23.1 Å². The van der Waals surface area contributed by atoms with Gasteiger partial charge in [0.05, 0.1) is 5.56 Å². The van der Waals surface area contributed by atoms with Gasteiger partial charge in [0.25, 0.3) is 0 Å². The van der Waals surface area contributed by atoms with Gasteiger partial charge in [0.1, 0.15) is 0 Å². The number of alkyl halides is 3. The van der Waals surface area contributed by atoms with Gasteiger partial charge in [-0.3, -0.25) is 4.79 Å². The average Bonchev–Trinajstić information content (AvgIpc) is 2.86. The van der Waals surface area contributed by atoms with Crippen LogP contribution in [0.3, 0.4) is 0 Å². The largest absolute Gasteiger partial charge is 0.465 e. The molecule has 1 aliphatic rings. The maximum Gasteiger partial charge on any atom is 0.416 e. The van der Waals surface area contributed by atoms with Crippen LogP contribution in [0.4, 0.5) is 18.0 Å². The molecule has 2 rings (SSSR count). The topological polar surface area (TPSA) is 57.6 Å². The quantitative estimate of drug-likeness (QED) is 0.850. The molecule has 1 amide bonds. The summed E-state index contributed by atoms with van der Waals surface area (Å²) in [4.78, 5) is 22.8. The van der Waals surface area contributed by atoms with Gasteiger partial charge in [-0.15, -0.1) is 0 Å². The van der Waals surface area contributed by atoms with Crippen molar-refractivity contribution < 1.29 is 27.9 Å². The highest BCUT2D eigenvalue weighted by molar-refractivity contribution is 5.88. The fraction of sp³-hybridized carbons (Fsp3) is 0.231. The smallest absolute Gasteiger partial charge is 0.416 e. The van der Waals surface area contributed by atoms with Gasteiger partial charge in [0.15, 0.2) is 6.29 Å². The van der Waals surface area contributed by atoms with E-state index in [4.69, 9.17) is 5.11 Å². The number of carbonyl (C=O) groups excluding carboxylic acids is 1. The first-order chi connectivity index (χ1) is 9.32. The number of amides is 1. The number of carbonyl (C=O) groups is 2. The van der Waals surface area contributed by atoms with Gasteiger partial charge in [0.2, 0.25) is 0 Å². The van der Waals surface area contributed by atoms with Crippen molar-refractivity contribution in [3.63, 3.8) is 0 Å². The summed E-state index contributed by atoms with van der Waals surface area (Å²) in [5, 5.41) is 8.83. The van der Waals surface area contributed by atoms with Crippen molar-refractivity contribution in [3.8, 4) is 0 Å². The summed E-state index contributed by atoms with van der Waals surface area (Å²) in [5.74, 6) is 0. The number of hydrogen-bond donors (Lipinski definition) is 1. The minimum absolute atomic E-state index is 0.0303. The maximum absolute atomic E-state index is 12.7. The molecule has 1 aliphatic heterocycles. The van der Waals surface area contributed by atoms with E-state index in [2.05, 4.69) is 0 Å². The van der Waals surface area contributed by atoms with Gasteiger partial charge in [-0.2, -0.15) is 13.2 Å². The molecule has 1 aromatic carbocycles. The molecule has 0 aliphatic carbocycles. The third-order valence-corrected chi connectivity index (χ3v) is 3.04. The molecule has 0 radical (unpaired) electrons. The molecule has 1 N–H and O–H groups in total. The third-order valence-electron chi connectivity index (χ3n) is 3.04. The van der Waals surface area contributed by atoms with E-state index in [1.165, 1.54) is 6.08 Å². The van der Waals surface area contributed by atoms with Crippen molar-refractivity contribution in [1.29, 1.82) is 0 Å². The van der Waals surface area contributed by atoms with Crippen molar-refractivity contribution in [2.75, 3.05) is 13.1 Å². The number of rotatable bonds is 2. The zero-order valence-electron chi connectivity index (χ0n) is 10.1. The van der Waals surface area contributed by atoms with Crippen molar-refractivity contribution in [1.82, 2.24) is 4.90 Å². The maximum atomic E-state index is 12.7. The molecular weight excluding hydrogens is 275 g/mol. The molecule has 0 saturated heterocycles. The minimum Gasteiger partial charge on any atom is -0.465 e. The SMILES string of the molecule is O=Cc1ccc(C(F)(F)F)cc1C1=CCN(C(=O)O)C1. The van der Waals surface area contributed by atoms with Crippen molar-refractivity contribution >= 4 is 18.0 Å². The van der Waals surface area contributed by atoms with Crippen LogP contribution in [0.5, 0.6) is 0 Å². The number of nitrogens with zero attached hydrogens (tertiary/aromatic N) is 1. The zero-order valence-corrected chi connectivity index (χ0v) is 10.1. The summed E-state index contributed by atoms with van der Waals surface area (Å²) in [5.41, 5.74) is -0.233. The van der Waals surface area contributed by atoms with Gasteiger partial charge in [-0.25, -0.2) is 4.79 Å². The Balaban J connectivity index is 2.40. The van der Waals surface area contributed by atoms with E-state index in [-0.39, 0.29) is 24.2 Å². The van der Waals surface area contributed by atoms with E-state index in [1.54, 1.807) is 0 Å². The van der Waals surface area contributed by atoms with Gasteiger partial charge >= 0.3 is 12.3 Å². The second kappa shape index (κ2) is 4.99. The lowest BCUT2D eigenvalue weighted by Crippen LogP contribution is -2.26. The number of carboxylic acid groups (broad SMARTS) is 1. The standard InChI is InChI=1S/C13H10F3NO3/c14-13(15,16)10-2-1-9(7-18)11(5-10)8-3-4-17(6-8)12(19)20/h1-3,5,7H,4,6H2,(H,19,20). The van der Waals surface area contributed by atoms with Gasteiger partial charge in [0, 0.05) is 18.7 Å². The van der Waals surface area contributed by atoms with Crippen molar-refractivity contribution in [3.05, 3.63) is 41.0 Å². The molecule has 0 fully saturated rings. The van der Waals surface area contributed by atoms with Crippen LogP contribution in [-0.4, -0.2) is 35.5 Å². The highest BCUT2D eigenvalue weighted by atomic mass is 19.4. The monoisotopic (exact) mass is 285 g/mol. The van der Waals surface area contributed by atoms with Gasteiger partial charge < -0.3 is 10.0 Å². The first kappa shape index (κ1) is 14.1. The Labute approximate surface area is 112 Å². The lowest BCUT2D eigenvalue weighted by Gasteiger charge is -2.14. The van der Waals surface area contributed by atoms with Crippen LogP contribution in [0.15, 0.2) is 24.3 Å². The third kappa shape index (κ3) is 2.66. The van der Waals surface area contributed by atoms with Crippen LogP contribution in [0.1, 0.15) is 21.5 Å². The first-order valence-electron chi connectivity index (χ1n) is 5.66. The molecule has 1 aromatic rings. The first-order valence-corrected chi connectivity index (χ1v) is 5.66. The molecular formula is C13H10F3NO3. The molecule has 20 heavy (non-hydrogen) atoms.